The van der Waals surface area contributed by atoms with Crippen LogP contribution in [-0.2, 0) is 0 Å². The molecule has 2 amide bonds. The van der Waals surface area contributed by atoms with Gasteiger partial charge in [-0.25, -0.2) is 4.79 Å². The standard InChI is InChI=1S/C11H22N2O2/c1-2-10(14)8-12-11(15)13-9-6-4-3-5-7-9/h9-10,14H,2-8H2,1H3,(H2,12,13,15). The summed E-state index contributed by atoms with van der Waals surface area (Å²) in [5, 5.41) is 14.9. The molecule has 88 valence electrons. The fourth-order valence-electron chi connectivity index (χ4n) is 1.84. The van der Waals surface area contributed by atoms with E-state index in [0.717, 1.165) is 12.8 Å². The van der Waals surface area contributed by atoms with Crippen LogP contribution in [0.2, 0.25) is 0 Å². The second-order valence-electron chi connectivity index (χ2n) is 4.25. The van der Waals surface area contributed by atoms with E-state index in [4.69, 9.17) is 0 Å². The fraction of sp³-hybridized carbons (Fsp3) is 0.909. The van der Waals surface area contributed by atoms with Crippen LogP contribution in [0.4, 0.5) is 4.79 Å². The van der Waals surface area contributed by atoms with Crippen LogP contribution in [0, 0.1) is 0 Å². The molecule has 0 aromatic carbocycles. The van der Waals surface area contributed by atoms with E-state index in [9.17, 15) is 9.90 Å². The highest BCUT2D eigenvalue weighted by atomic mass is 16.3. The van der Waals surface area contributed by atoms with Crippen molar-refractivity contribution < 1.29 is 9.90 Å². The lowest BCUT2D eigenvalue weighted by atomic mass is 9.96. The third kappa shape index (κ3) is 5.02. The largest absolute Gasteiger partial charge is 0.391 e. The average molecular weight is 214 g/mol. The van der Waals surface area contributed by atoms with Crippen LogP contribution in [0.1, 0.15) is 45.4 Å². The predicted molar refractivity (Wildman–Crippen MR) is 59.7 cm³/mol. The monoisotopic (exact) mass is 214 g/mol. The molecule has 0 aromatic rings. The van der Waals surface area contributed by atoms with Crippen molar-refractivity contribution in [3.8, 4) is 0 Å². The molecule has 4 nitrogen and oxygen atoms in total. The molecule has 0 aliphatic heterocycles. The van der Waals surface area contributed by atoms with Gasteiger partial charge in [0.15, 0.2) is 0 Å². The highest BCUT2D eigenvalue weighted by Crippen LogP contribution is 2.16. The number of hydrogen-bond donors (Lipinski definition) is 3. The zero-order chi connectivity index (χ0) is 11.1. The summed E-state index contributed by atoms with van der Waals surface area (Å²) >= 11 is 0. The first-order valence-electron chi connectivity index (χ1n) is 5.94. The molecular weight excluding hydrogens is 192 g/mol. The lowest BCUT2D eigenvalue weighted by Gasteiger charge is -2.23. The summed E-state index contributed by atoms with van der Waals surface area (Å²) in [6.45, 7) is 2.24. The molecule has 4 heteroatoms. The number of carbonyl (C=O) groups excluding carboxylic acids is 1. The van der Waals surface area contributed by atoms with Crippen LogP contribution >= 0.6 is 0 Å². The van der Waals surface area contributed by atoms with Crippen molar-refractivity contribution in [3.05, 3.63) is 0 Å². The number of amides is 2. The molecule has 15 heavy (non-hydrogen) atoms. The highest BCUT2D eigenvalue weighted by molar-refractivity contribution is 5.74. The van der Waals surface area contributed by atoms with Crippen LogP contribution in [0.5, 0.6) is 0 Å². The molecule has 0 saturated heterocycles. The molecular formula is C11H22N2O2. The molecule has 1 atom stereocenters. The topological polar surface area (TPSA) is 61.4 Å². The van der Waals surface area contributed by atoms with Crippen LogP contribution in [0.3, 0.4) is 0 Å². The smallest absolute Gasteiger partial charge is 0.315 e. The van der Waals surface area contributed by atoms with Crippen molar-refractivity contribution in [2.24, 2.45) is 0 Å². The van der Waals surface area contributed by atoms with Crippen molar-refractivity contribution in [3.63, 3.8) is 0 Å². The summed E-state index contributed by atoms with van der Waals surface area (Å²) in [6, 6.07) is 0.187. The molecule has 1 aliphatic rings. The van der Waals surface area contributed by atoms with E-state index in [-0.39, 0.29) is 6.03 Å². The number of aliphatic hydroxyl groups excluding tert-OH is 1. The Bertz CT molecular complexity index is 191. The predicted octanol–water partition coefficient (Wildman–Crippen LogP) is 1.39. The normalized spacial score (nSPS) is 19.6. The minimum absolute atomic E-state index is 0.144. The van der Waals surface area contributed by atoms with Gasteiger partial charge in [0.1, 0.15) is 0 Å². The first-order chi connectivity index (χ1) is 7.22. The molecule has 0 spiro atoms. The number of nitrogens with one attached hydrogen (secondary N) is 2. The number of aliphatic hydroxyl groups is 1. The third-order valence-corrected chi connectivity index (χ3v) is 2.91. The van der Waals surface area contributed by atoms with E-state index in [1.54, 1.807) is 0 Å². The molecule has 0 bridgehead atoms. The zero-order valence-electron chi connectivity index (χ0n) is 9.46. The molecule has 1 aliphatic carbocycles. The Hall–Kier alpha value is -0.770. The van der Waals surface area contributed by atoms with Crippen LogP contribution < -0.4 is 10.6 Å². The summed E-state index contributed by atoms with van der Waals surface area (Å²) in [6.07, 6.45) is 6.12. The van der Waals surface area contributed by atoms with E-state index >= 15 is 0 Å². The molecule has 1 rings (SSSR count). The summed E-state index contributed by atoms with van der Waals surface area (Å²) in [7, 11) is 0. The van der Waals surface area contributed by atoms with E-state index < -0.39 is 6.10 Å². The quantitative estimate of drug-likeness (QED) is 0.662. The van der Waals surface area contributed by atoms with Gasteiger partial charge in [0.05, 0.1) is 6.10 Å². The molecule has 3 N–H and O–H groups in total. The molecule has 1 unspecified atom stereocenters. The van der Waals surface area contributed by atoms with Gasteiger partial charge in [-0.15, -0.1) is 0 Å². The van der Waals surface area contributed by atoms with E-state index in [1.807, 2.05) is 6.92 Å². The van der Waals surface area contributed by atoms with Gasteiger partial charge in [0.2, 0.25) is 0 Å². The highest BCUT2D eigenvalue weighted by Gasteiger charge is 2.15. The summed E-state index contributed by atoms with van der Waals surface area (Å²) in [4.78, 5) is 11.4. The van der Waals surface area contributed by atoms with Gasteiger partial charge in [0, 0.05) is 12.6 Å². The van der Waals surface area contributed by atoms with E-state index in [2.05, 4.69) is 10.6 Å². The van der Waals surface area contributed by atoms with Gasteiger partial charge >= 0.3 is 6.03 Å². The summed E-state index contributed by atoms with van der Waals surface area (Å²) in [5.74, 6) is 0. The van der Waals surface area contributed by atoms with Gasteiger partial charge < -0.3 is 15.7 Å². The summed E-state index contributed by atoms with van der Waals surface area (Å²) < 4.78 is 0. The number of carbonyl (C=O) groups is 1. The number of hydrogen-bond acceptors (Lipinski definition) is 2. The Morgan fingerprint density at radius 2 is 2.07 bits per heavy atom. The fourth-order valence-corrected chi connectivity index (χ4v) is 1.84. The maximum atomic E-state index is 11.4. The van der Waals surface area contributed by atoms with Gasteiger partial charge in [-0.1, -0.05) is 26.2 Å². The molecule has 1 fully saturated rings. The second kappa shape index (κ2) is 6.67. The van der Waals surface area contributed by atoms with Crippen molar-refractivity contribution in [1.29, 1.82) is 0 Å². The van der Waals surface area contributed by atoms with Crippen molar-refractivity contribution in [1.82, 2.24) is 10.6 Å². The van der Waals surface area contributed by atoms with Crippen molar-refractivity contribution >= 4 is 6.03 Å². The van der Waals surface area contributed by atoms with Crippen molar-refractivity contribution in [2.45, 2.75) is 57.6 Å². The molecule has 0 radical (unpaired) electrons. The second-order valence-corrected chi connectivity index (χ2v) is 4.25. The van der Waals surface area contributed by atoms with Crippen LogP contribution in [0.25, 0.3) is 0 Å². The Labute approximate surface area is 91.4 Å². The molecule has 1 saturated carbocycles. The lowest BCUT2D eigenvalue weighted by Crippen LogP contribution is -2.45. The van der Waals surface area contributed by atoms with Gasteiger partial charge in [-0.05, 0) is 19.3 Å². The minimum Gasteiger partial charge on any atom is -0.391 e. The van der Waals surface area contributed by atoms with Crippen LogP contribution in [-0.4, -0.2) is 29.8 Å². The first kappa shape index (κ1) is 12.3. The first-order valence-corrected chi connectivity index (χ1v) is 5.94. The summed E-state index contributed by atoms with van der Waals surface area (Å²) in [5.41, 5.74) is 0. The lowest BCUT2D eigenvalue weighted by molar-refractivity contribution is 0.165. The van der Waals surface area contributed by atoms with Gasteiger partial charge in [0.25, 0.3) is 0 Å². The Kier molecular flexibility index (Phi) is 5.47. The Balaban J connectivity index is 2.11. The third-order valence-electron chi connectivity index (χ3n) is 2.91. The van der Waals surface area contributed by atoms with Crippen molar-refractivity contribution in [2.75, 3.05) is 6.54 Å². The number of rotatable bonds is 4. The SMILES string of the molecule is CCC(O)CNC(=O)NC1CCCCC1. The van der Waals surface area contributed by atoms with Crippen LogP contribution in [0.15, 0.2) is 0 Å². The zero-order valence-corrected chi connectivity index (χ0v) is 9.46. The number of urea groups is 1. The maximum absolute atomic E-state index is 11.4. The Morgan fingerprint density at radius 3 is 2.67 bits per heavy atom. The maximum Gasteiger partial charge on any atom is 0.315 e. The molecule has 0 heterocycles. The average Bonchev–Trinajstić information content (AvgIpc) is 2.27. The van der Waals surface area contributed by atoms with Gasteiger partial charge in [-0.3, -0.25) is 0 Å². The minimum atomic E-state index is -0.429. The van der Waals surface area contributed by atoms with Gasteiger partial charge in [-0.2, -0.15) is 0 Å². The van der Waals surface area contributed by atoms with E-state index in [1.165, 1.54) is 19.3 Å². The molecule has 0 aromatic heterocycles. The Morgan fingerprint density at radius 1 is 1.40 bits per heavy atom. The van der Waals surface area contributed by atoms with E-state index in [0.29, 0.717) is 19.0 Å².